The molecular formula is C13H18N2O4S. The molecule has 1 aliphatic carbocycles. The van der Waals surface area contributed by atoms with Crippen molar-refractivity contribution in [2.24, 2.45) is 17.0 Å². The van der Waals surface area contributed by atoms with Crippen LogP contribution in [0.5, 0.6) is 5.75 Å². The largest absolute Gasteiger partial charge is 0.496 e. The fraction of sp³-hybridized carbons (Fsp3) is 0.462. The number of methoxy groups -OCH3 is 1. The minimum Gasteiger partial charge on any atom is -0.496 e. The molecule has 1 aromatic rings. The van der Waals surface area contributed by atoms with Gasteiger partial charge in [0.2, 0.25) is 15.9 Å². The van der Waals surface area contributed by atoms with Crippen LogP contribution in [-0.2, 0) is 21.4 Å². The Hall–Kier alpha value is -1.60. The average Bonchev–Trinajstić information content (AvgIpc) is 3.11. The lowest BCUT2D eigenvalue weighted by Crippen LogP contribution is -2.25. The molecule has 0 aliphatic heterocycles. The Morgan fingerprint density at radius 1 is 1.50 bits per heavy atom. The first kappa shape index (κ1) is 14.8. The summed E-state index contributed by atoms with van der Waals surface area (Å²) in [4.78, 5) is 11.8. The van der Waals surface area contributed by atoms with E-state index in [4.69, 9.17) is 9.88 Å². The van der Waals surface area contributed by atoms with Gasteiger partial charge in [0.05, 0.1) is 12.0 Å². The Kier molecular flexibility index (Phi) is 4.01. The second-order valence-corrected chi connectivity index (χ2v) is 6.62. The van der Waals surface area contributed by atoms with E-state index in [-0.39, 0.29) is 23.3 Å². The SMILES string of the molecule is COc1ccc(S(N)(=O)=O)cc1CNC(=O)C1CC1C. The summed E-state index contributed by atoms with van der Waals surface area (Å²) in [5.74, 6) is 0.997. The summed E-state index contributed by atoms with van der Waals surface area (Å²) in [7, 11) is -2.28. The van der Waals surface area contributed by atoms with Gasteiger partial charge in [-0.2, -0.15) is 0 Å². The Bertz CT molecular complexity index is 627. The van der Waals surface area contributed by atoms with Crippen molar-refractivity contribution in [2.45, 2.75) is 24.8 Å². The molecule has 7 heteroatoms. The number of hydrogen-bond acceptors (Lipinski definition) is 4. The number of amides is 1. The van der Waals surface area contributed by atoms with Crippen molar-refractivity contribution >= 4 is 15.9 Å². The first-order chi connectivity index (χ1) is 9.32. The van der Waals surface area contributed by atoms with Crippen molar-refractivity contribution in [3.8, 4) is 5.75 Å². The van der Waals surface area contributed by atoms with Crippen LogP contribution in [-0.4, -0.2) is 21.4 Å². The van der Waals surface area contributed by atoms with E-state index in [2.05, 4.69) is 5.32 Å². The van der Waals surface area contributed by atoms with E-state index in [9.17, 15) is 13.2 Å². The zero-order chi connectivity index (χ0) is 14.9. The fourth-order valence-electron chi connectivity index (χ4n) is 2.07. The Morgan fingerprint density at radius 2 is 2.15 bits per heavy atom. The number of carbonyl (C=O) groups is 1. The molecule has 0 saturated heterocycles. The fourth-order valence-corrected chi connectivity index (χ4v) is 2.64. The first-order valence-electron chi connectivity index (χ1n) is 6.30. The standard InChI is InChI=1S/C13H18N2O4S/c1-8-5-11(8)13(16)15-7-9-6-10(20(14,17)18)3-4-12(9)19-2/h3-4,6,8,11H,5,7H2,1-2H3,(H,15,16)(H2,14,17,18). The highest BCUT2D eigenvalue weighted by atomic mass is 32.2. The Morgan fingerprint density at radius 3 is 2.65 bits per heavy atom. The number of ether oxygens (including phenoxy) is 1. The maximum atomic E-state index is 11.8. The van der Waals surface area contributed by atoms with Crippen LogP contribution in [0.2, 0.25) is 0 Å². The number of nitrogens with one attached hydrogen (secondary N) is 1. The molecule has 2 unspecified atom stereocenters. The molecule has 1 fully saturated rings. The van der Waals surface area contributed by atoms with Crippen LogP contribution in [0.4, 0.5) is 0 Å². The molecule has 110 valence electrons. The second kappa shape index (κ2) is 5.41. The van der Waals surface area contributed by atoms with Gasteiger partial charge in [-0.1, -0.05) is 6.92 Å². The number of carbonyl (C=O) groups excluding carboxylic acids is 1. The van der Waals surface area contributed by atoms with Crippen LogP contribution in [0.15, 0.2) is 23.1 Å². The number of sulfonamides is 1. The van der Waals surface area contributed by atoms with E-state index in [1.54, 1.807) is 0 Å². The summed E-state index contributed by atoms with van der Waals surface area (Å²) < 4.78 is 27.8. The maximum Gasteiger partial charge on any atom is 0.238 e. The highest BCUT2D eigenvalue weighted by molar-refractivity contribution is 7.89. The van der Waals surface area contributed by atoms with Gasteiger partial charge in [0.15, 0.2) is 0 Å². The monoisotopic (exact) mass is 298 g/mol. The van der Waals surface area contributed by atoms with Crippen LogP contribution in [0.25, 0.3) is 0 Å². The van der Waals surface area contributed by atoms with E-state index in [0.29, 0.717) is 17.2 Å². The highest BCUT2D eigenvalue weighted by Crippen LogP contribution is 2.37. The average molecular weight is 298 g/mol. The number of rotatable bonds is 5. The van der Waals surface area contributed by atoms with E-state index in [1.165, 1.54) is 25.3 Å². The van der Waals surface area contributed by atoms with Crippen molar-refractivity contribution in [2.75, 3.05) is 7.11 Å². The molecule has 0 bridgehead atoms. The molecule has 1 aliphatic rings. The summed E-state index contributed by atoms with van der Waals surface area (Å²) in [5, 5.41) is 7.88. The summed E-state index contributed by atoms with van der Waals surface area (Å²) in [6.45, 7) is 2.24. The van der Waals surface area contributed by atoms with Crippen LogP contribution in [0, 0.1) is 11.8 Å². The van der Waals surface area contributed by atoms with Gasteiger partial charge in [0.25, 0.3) is 0 Å². The van der Waals surface area contributed by atoms with Gasteiger partial charge >= 0.3 is 0 Å². The van der Waals surface area contributed by atoms with Gasteiger partial charge in [0, 0.05) is 18.0 Å². The van der Waals surface area contributed by atoms with Crippen molar-refractivity contribution in [3.63, 3.8) is 0 Å². The van der Waals surface area contributed by atoms with Gasteiger partial charge in [-0.15, -0.1) is 0 Å². The van der Waals surface area contributed by atoms with Gasteiger partial charge in [-0.3, -0.25) is 4.79 Å². The summed E-state index contributed by atoms with van der Waals surface area (Å²) in [5.41, 5.74) is 0.584. The quantitative estimate of drug-likeness (QED) is 0.832. The molecule has 0 heterocycles. The van der Waals surface area contributed by atoms with Crippen LogP contribution >= 0.6 is 0 Å². The molecule has 1 saturated carbocycles. The first-order valence-corrected chi connectivity index (χ1v) is 7.85. The number of nitrogens with two attached hydrogens (primary N) is 1. The molecule has 6 nitrogen and oxygen atoms in total. The minimum absolute atomic E-state index is 0.00217. The number of hydrogen-bond donors (Lipinski definition) is 2. The molecular weight excluding hydrogens is 280 g/mol. The van der Waals surface area contributed by atoms with E-state index < -0.39 is 10.0 Å². The maximum absolute atomic E-state index is 11.8. The van der Waals surface area contributed by atoms with Crippen LogP contribution in [0.3, 0.4) is 0 Å². The molecule has 1 amide bonds. The van der Waals surface area contributed by atoms with E-state index in [1.807, 2.05) is 6.92 Å². The third-order valence-corrected chi connectivity index (χ3v) is 4.39. The molecule has 0 radical (unpaired) electrons. The minimum atomic E-state index is -3.77. The second-order valence-electron chi connectivity index (χ2n) is 5.06. The predicted octanol–water partition coefficient (Wildman–Crippen LogP) is 0.615. The van der Waals surface area contributed by atoms with Crippen molar-refractivity contribution in [1.29, 1.82) is 0 Å². The topological polar surface area (TPSA) is 98.5 Å². The van der Waals surface area contributed by atoms with Gasteiger partial charge in [-0.05, 0) is 30.5 Å². The number of primary sulfonamides is 1. The van der Waals surface area contributed by atoms with E-state index >= 15 is 0 Å². The zero-order valence-corrected chi connectivity index (χ0v) is 12.2. The smallest absolute Gasteiger partial charge is 0.238 e. The Balaban J connectivity index is 2.14. The molecule has 0 spiro atoms. The summed E-state index contributed by atoms with van der Waals surface area (Å²) >= 11 is 0. The number of benzene rings is 1. The van der Waals surface area contributed by atoms with Crippen molar-refractivity contribution in [3.05, 3.63) is 23.8 Å². The molecule has 3 N–H and O–H groups in total. The molecule has 0 aromatic heterocycles. The van der Waals surface area contributed by atoms with Crippen molar-refractivity contribution in [1.82, 2.24) is 5.32 Å². The van der Waals surface area contributed by atoms with Crippen molar-refractivity contribution < 1.29 is 17.9 Å². The Labute approximate surface area is 118 Å². The van der Waals surface area contributed by atoms with Gasteiger partial charge in [-0.25, -0.2) is 13.6 Å². The highest BCUT2D eigenvalue weighted by Gasteiger charge is 2.38. The van der Waals surface area contributed by atoms with Crippen LogP contribution in [0.1, 0.15) is 18.9 Å². The summed E-state index contributed by atoms with van der Waals surface area (Å²) in [6, 6.07) is 4.33. The molecule has 20 heavy (non-hydrogen) atoms. The lowest BCUT2D eigenvalue weighted by Gasteiger charge is -2.11. The predicted molar refractivity (Wildman–Crippen MR) is 73.5 cm³/mol. The lowest BCUT2D eigenvalue weighted by molar-refractivity contribution is -0.122. The molecule has 2 rings (SSSR count). The molecule has 2 atom stereocenters. The zero-order valence-electron chi connectivity index (χ0n) is 11.4. The third-order valence-electron chi connectivity index (χ3n) is 3.48. The van der Waals surface area contributed by atoms with Crippen LogP contribution < -0.4 is 15.2 Å². The van der Waals surface area contributed by atoms with Gasteiger partial charge < -0.3 is 10.1 Å². The van der Waals surface area contributed by atoms with Gasteiger partial charge in [0.1, 0.15) is 5.75 Å². The molecule has 1 aromatic carbocycles. The third kappa shape index (κ3) is 3.29. The summed E-state index contributed by atoms with van der Waals surface area (Å²) in [6.07, 6.45) is 0.903. The normalized spacial score (nSPS) is 21.4. The van der Waals surface area contributed by atoms with E-state index in [0.717, 1.165) is 6.42 Å². The lowest BCUT2D eigenvalue weighted by atomic mass is 10.2.